The average Bonchev–Trinajstić information content (AvgIpc) is 3.31. The predicted octanol–water partition coefficient (Wildman–Crippen LogP) is 3.57. The summed E-state index contributed by atoms with van der Waals surface area (Å²) in [4.78, 5) is 38.1. The first-order valence-electron chi connectivity index (χ1n) is 9.43. The van der Waals surface area contributed by atoms with E-state index < -0.39 is 28.4 Å². The van der Waals surface area contributed by atoms with Crippen molar-refractivity contribution in [3.63, 3.8) is 0 Å². The molecule has 9 nitrogen and oxygen atoms in total. The Hall–Kier alpha value is -3.98. The molecule has 0 radical (unpaired) electrons. The third-order valence-electron chi connectivity index (χ3n) is 5.13. The van der Waals surface area contributed by atoms with E-state index in [1.807, 2.05) is 0 Å². The summed E-state index contributed by atoms with van der Waals surface area (Å²) >= 11 is 0. The van der Waals surface area contributed by atoms with Gasteiger partial charge in [-0.15, -0.1) is 0 Å². The number of hydrogen-bond acceptors (Lipinski definition) is 7. The van der Waals surface area contributed by atoms with Crippen molar-refractivity contribution in [3.05, 3.63) is 87.4 Å². The van der Waals surface area contributed by atoms with Crippen LogP contribution in [0.3, 0.4) is 0 Å². The van der Waals surface area contributed by atoms with Crippen LogP contribution in [0.5, 0.6) is 0 Å². The number of nitrogens with zero attached hydrogens (tertiary/aromatic N) is 2. The zero-order chi connectivity index (χ0) is 22.1. The van der Waals surface area contributed by atoms with Gasteiger partial charge in [-0.05, 0) is 17.7 Å². The SMILES string of the molecule is COCCN1C(=O)C(O)=C(C(=O)c2cc3ccccc3o2)[C@@H]1c1cccc([N+](=O)[O-])c1. The van der Waals surface area contributed by atoms with Gasteiger partial charge in [-0.1, -0.05) is 30.3 Å². The Labute approximate surface area is 176 Å². The largest absolute Gasteiger partial charge is 0.503 e. The fourth-order valence-electron chi connectivity index (χ4n) is 3.69. The van der Waals surface area contributed by atoms with E-state index in [2.05, 4.69) is 0 Å². The Morgan fingerprint density at radius 2 is 2.00 bits per heavy atom. The fourth-order valence-corrected chi connectivity index (χ4v) is 3.69. The number of nitro groups is 1. The molecular formula is C22H18N2O7. The van der Waals surface area contributed by atoms with Crippen LogP contribution in [0, 0.1) is 10.1 Å². The van der Waals surface area contributed by atoms with Gasteiger partial charge in [0.1, 0.15) is 5.58 Å². The van der Waals surface area contributed by atoms with Crippen LogP contribution < -0.4 is 0 Å². The summed E-state index contributed by atoms with van der Waals surface area (Å²) in [5.74, 6) is -2.18. The highest BCUT2D eigenvalue weighted by Gasteiger charge is 2.44. The van der Waals surface area contributed by atoms with Gasteiger partial charge in [0.25, 0.3) is 11.6 Å². The first kappa shape index (κ1) is 20.3. The molecule has 4 rings (SSSR count). The van der Waals surface area contributed by atoms with Gasteiger partial charge in [-0.25, -0.2) is 0 Å². The standard InChI is InChI=1S/C22H18N2O7/c1-30-10-9-23-19(14-6-4-7-15(11-14)24(28)29)18(21(26)22(23)27)20(25)17-12-13-5-2-3-8-16(13)31-17/h2-8,11-12,19,26H,9-10H2,1H3/t19-/m0/s1. The molecule has 0 unspecified atom stereocenters. The van der Waals surface area contributed by atoms with Crippen LogP contribution in [-0.4, -0.2) is 46.9 Å². The van der Waals surface area contributed by atoms with Gasteiger partial charge in [-0.2, -0.15) is 0 Å². The van der Waals surface area contributed by atoms with Gasteiger partial charge in [-0.3, -0.25) is 19.7 Å². The number of para-hydroxylation sites is 1. The van der Waals surface area contributed by atoms with Gasteiger partial charge < -0.3 is 19.2 Å². The molecule has 0 aliphatic carbocycles. The molecule has 2 aromatic carbocycles. The molecule has 1 aliphatic heterocycles. The minimum Gasteiger partial charge on any atom is -0.503 e. The number of ketones is 1. The van der Waals surface area contributed by atoms with Gasteiger partial charge >= 0.3 is 0 Å². The number of fused-ring (bicyclic) bond motifs is 1. The minimum absolute atomic E-state index is 0.0421. The molecule has 0 fully saturated rings. The molecule has 31 heavy (non-hydrogen) atoms. The van der Waals surface area contributed by atoms with Gasteiger partial charge in [0, 0.05) is 31.2 Å². The highest BCUT2D eigenvalue weighted by Crippen LogP contribution is 2.40. The van der Waals surface area contributed by atoms with E-state index in [0.717, 1.165) is 0 Å². The lowest BCUT2D eigenvalue weighted by molar-refractivity contribution is -0.384. The third-order valence-corrected chi connectivity index (χ3v) is 5.13. The maximum atomic E-state index is 13.3. The van der Waals surface area contributed by atoms with Crippen LogP contribution in [0.25, 0.3) is 11.0 Å². The van der Waals surface area contributed by atoms with Gasteiger partial charge in [0.15, 0.2) is 11.5 Å². The number of aliphatic hydroxyl groups excluding tert-OH is 1. The lowest BCUT2D eigenvalue weighted by Gasteiger charge is -2.26. The highest BCUT2D eigenvalue weighted by atomic mass is 16.6. The minimum atomic E-state index is -1.02. The second-order valence-electron chi connectivity index (χ2n) is 6.99. The van der Waals surface area contributed by atoms with Crippen molar-refractivity contribution in [3.8, 4) is 0 Å². The highest BCUT2D eigenvalue weighted by molar-refractivity contribution is 6.16. The number of carbonyl (C=O) groups excluding carboxylic acids is 2. The average molecular weight is 422 g/mol. The molecule has 9 heteroatoms. The zero-order valence-corrected chi connectivity index (χ0v) is 16.5. The molecule has 0 saturated carbocycles. The van der Waals surface area contributed by atoms with Crippen LogP contribution in [0.1, 0.15) is 22.2 Å². The van der Waals surface area contributed by atoms with E-state index in [1.54, 1.807) is 30.3 Å². The van der Waals surface area contributed by atoms with Crippen LogP contribution in [0.2, 0.25) is 0 Å². The first-order valence-corrected chi connectivity index (χ1v) is 9.43. The molecule has 1 atom stereocenters. The molecule has 1 amide bonds. The molecule has 1 aromatic heterocycles. The third kappa shape index (κ3) is 3.55. The monoisotopic (exact) mass is 422 g/mol. The fraction of sp³-hybridized carbons (Fsp3) is 0.182. The van der Waals surface area contributed by atoms with Crippen molar-refractivity contribution in [2.75, 3.05) is 20.3 Å². The zero-order valence-electron chi connectivity index (χ0n) is 16.5. The first-order chi connectivity index (χ1) is 14.9. The number of aliphatic hydroxyl groups is 1. The molecule has 0 saturated heterocycles. The number of rotatable bonds is 7. The molecule has 2 heterocycles. The summed E-state index contributed by atoms with van der Waals surface area (Å²) in [6.07, 6.45) is 0. The normalized spacial score (nSPS) is 16.4. The van der Waals surface area contributed by atoms with Crippen molar-refractivity contribution >= 4 is 28.3 Å². The van der Waals surface area contributed by atoms with Gasteiger partial charge in [0.2, 0.25) is 5.78 Å². The van der Waals surface area contributed by atoms with Gasteiger partial charge in [0.05, 0.1) is 23.1 Å². The Kier molecular flexibility index (Phi) is 5.26. The summed E-state index contributed by atoms with van der Waals surface area (Å²) in [5.41, 5.74) is 0.416. The smallest absolute Gasteiger partial charge is 0.290 e. The lowest BCUT2D eigenvalue weighted by atomic mass is 9.94. The molecule has 0 spiro atoms. The summed E-state index contributed by atoms with van der Waals surface area (Å²) in [7, 11) is 1.46. The number of furan rings is 1. The number of carbonyl (C=O) groups is 2. The molecular weight excluding hydrogens is 404 g/mol. The number of nitro benzene ring substituents is 1. The number of ether oxygens (including phenoxy) is 1. The number of benzene rings is 2. The number of non-ortho nitro benzene ring substituents is 1. The summed E-state index contributed by atoms with van der Waals surface area (Å²) < 4.78 is 10.7. The maximum Gasteiger partial charge on any atom is 0.290 e. The number of hydrogen-bond donors (Lipinski definition) is 1. The molecule has 3 aromatic rings. The molecule has 1 aliphatic rings. The van der Waals surface area contributed by atoms with Crippen LogP contribution in [-0.2, 0) is 9.53 Å². The van der Waals surface area contributed by atoms with E-state index in [1.165, 1.54) is 36.3 Å². The van der Waals surface area contributed by atoms with E-state index >= 15 is 0 Å². The summed E-state index contributed by atoms with van der Waals surface area (Å²) in [5, 5.41) is 22.5. The van der Waals surface area contributed by atoms with Crippen molar-refractivity contribution in [1.29, 1.82) is 0 Å². The van der Waals surface area contributed by atoms with E-state index in [-0.39, 0.29) is 30.2 Å². The van der Waals surface area contributed by atoms with E-state index in [9.17, 15) is 24.8 Å². The van der Waals surface area contributed by atoms with Crippen LogP contribution in [0.4, 0.5) is 5.69 Å². The maximum absolute atomic E-state index is 13.3. The second kappa shape index (κ2) is 8.04. The van der Waals surface area contributed by atoms with Crippen LogP contribution in [0.15, 0.2) is 70.3 Å². The summed E-state index contributed by atoms with van der Waals surface area (Å²) in [6, 6.07) is 13.1. The predicted molar refractivity (Wildman–Crippen MR) is 110 cm³/mol. The number of amides is 1. The number of methoxy groups -OCH3 is 1. The van der Waals surface area contributed by atoms with Crippen molar-refractivity contribution < 1.29 is 28.8 Å². The summed E-state index contributed by atoms with van der Waals surface area (Å²) in [6.45, 7) is 0.222. The lowest BCUT2D eigenvalue weighted by Crippen LogP contribution is -2.34. The topological polar surface area (TPSA) is 123 Å². The van der Waals surface area contributed by atoms with E-state index in [4.69, 9.17) is 9.15 Å². The Morgan fingerprint density at radius 3 is 2.71 bits per heavy atom. The van der Waals surface area contributed by atoms with E-state index in [0.29, 0.717) is 16.5 Å². The Balaban J connectivity index is 1.82. The Morgan fingerprint density at radius 1 is 1.23 bits per heavy atom. The molecule has 158 valence electrons. The molecule has 0 bridgehead atoms. The van der Waals surface area contributed by atoms with Crippen LogP contribution >= 0.6 is 0 Å². The van der Waals surface area contributed by atoms with Crippen molar-refractivity contribution in [2.45, 2.75) is 6.04 Å². The molecule has 1 N–H and O–H groups in total. The quantitative estimate of drug-likeness (QED) is 0.351. The Bertz CT molecular complexity index is 1190. The van der Waals surface area contributed by atoms with Crippen molar-refractivity contribution in [1.82, 2.24) is 4.90 Å². The second-order valence-corrected chi connectivity index (χ2v) is 6.99. The van der Waals surface area contributed by atoms with Crippen molar-refractivity contribution in [2.24, 2.45) is 0 Å². The number of Topliss-reactive ketones (excluding diaryl/α,β-unsaturated/α-hetero) is 1.